The van der Waals surface area contributed by atoms with Crippen molar-refractivity contribution in [2.75, 3.05) is 6.61 Å². The number of hydrogen-bond donors (Lipinski definition) is 0. The second-order valence-corrected chi connectivity index (χ2v) is 12.2. The Morgan fingerprint density at radius 2 is 1.00 bits per heavy atom. The predicted octanol–water partition coefficient (Wildman–Crippen LogP) is 8.78. The lowest BCUT2D eigenvalue weighted by molar-refractivity contribution is 0.122. The van der Waals surface area contributed by atoms with E-state index in [1.807, 2.05) is 0 Å². The van der Waals surface area contributed by atoms with Crippen molar-refractivity contribution in [1.82, 2.24) is 0 Å². The van der Waals surface area contributed by atoms with Crippen molar-refractivity contribution < 1.29 is 8.85 Å². The van der Waals surface area contributed by atoms with Crippen molar-refractivity contribution in [2.45, 2.75) is 149 Å². The van der Waals surface area contributed by atoms with Crippen LogP contribution in [0.2, 0.25) is 13.1 Å². The zero-order chi connectivity index (χ0) is 20.2. The van der Waals surface area contributed by atoms with Gasteiger partial charge in [-0.3, -0.25) is 0 Å². The first-order chi connectivity index (χ1) is 13.0. The normalized spacial score (nSPS) is 13.2. The second kappa shape index (κ2) is 19.5. The molecule has 0 aliphatic carbocycles. The van der Waals surface area contributed by atoms with Crippen molar-refractivity contribution in [3.8, 4) is 0 Å². The second-order valence-electron chi connectivity index (χ2n) is 8.92. The van der Waals surface area contributed by atoms with Gasteiger partial charge >= 0.3 is 8.56 Å². The Balaban J connectivity index is 3.41. The van der Waals surface area contributed by atoms with Crippen LogP contribution in [0.1, 0.15) is 130 Å². The third-order valence-electron chi connectivity index (χ3n) is 5.40. The summed E-state index contributed by atoms with van der Waals surface area (Å²) in [5.74, 6) is 0. The molecule has 0 amide bonds. The average molecular weight is 401 g/mol. The lowest BCUT2D eigenvalue weighted by Crippen LogP contribution is -2.38. The minimum Gasteiger partial charge on any atom is -0.395 e. The van der Waals surface area contributed by atoms with Crippen LogP contribution in [0.25, 0.3) is 0 Å². The maximum Gasteiger partial charge on any atom is 0.331 e. The van der Waals surface area contributed by atoms with E-state index in [1.165, 1.54) is 109 Å². The van der Waals surface area contributed by atoms with Crippen molar-refractivity contribution in [1.29, 1.82) is 0 Å². The average Bonchev–Trinajstić information content (AvgIpc) is 2.62. The van der Waals surface area contributed by atoms with Gasteiger partial charge in [0.2, 0.25) is 0 Å². The predicted molar refractivity (Wildman–Crippen MR) is 124 cm³/mol. The Kier molecular flexibility index (Phi) is 19.6. The van der Waals surface area contributed by atoms with Crippen molar-refractivity contribution in [3.05, 3.63) is 0 Å². The number of rotatable bonds is 21. The summed E-state index contributed by atoms with van der Waals surface area (Å²) in [6.07, 6.45) is 23.5. The Hall–Kier alpha value is 0.137. The quantitative estimate of drug-likeness (QED) is 0.141. The highest BCUT2D eigenvalue weighted by Gasteiger charge is 2.26. The minimum absolute atomic E-state index is 0.352. The van der Waals surface area contributed by atoms with Gasteiger partial charge in [0.05, 0.1) is 0 Å². The molecule has 0 aromatic rings. The van der Waals surface area contributed by atoms with E-state index in [4.69, 9.17) is 8.85 Å². The van der Waals surface area contributed by atoms with E-state index in [9.17, 15) is 0 Å². The van der Waals surface area contributed by atoms with E-state index in [0.29, 0.717) is 6.10 Å². The Morgan fingerprint density at radius 3 is 1.48 bits per heavy atom. The van der Waals surface area contributed by atoms with Crippen LogP contribution in [-0.4, -0.2) is 21.3 Å². The lowest BCUT2D eigenvalue weighted by Gasteiger charge is -2.27. The molecule has 27 heavy (non-hydrogen) atoms. The van der Waals surface area contributed by atoms with Crippen molar-refractivity contribution in [2.24, 2.45) is 0 Å². The molecule has 0 rings (SSSR count). The first-order valence-electron chi connectivity index (χ1n) is 12.3. The molecule has 2 nitrogen and oxygen atoms in total. The molecule has 0 heterocycles. The first kappa shape index (κ1) is 27.1. The summed E-state index contributed by atoms with van der Waals surface area (Å²) in [6, 6.07) is 0. The molecular formula is C24H52O2Si. The summed E-state index contributed by atoms with van der Waals surface area (Å²) in [5, 5.41) is 0. The van der Waals surface area contributed by atoms with Crippen LogP contribution in [0, 0.1) is 0 Å². The van der Waals surface area contributed by atoms with Crippen LogP contribution in [0.4, 0.5) is 0 Å². The third-order valence-corrected chi connectivity index (χ3v) is 7.27. The number of hydrogen-bond acceptors (Lipinski definition) is 2. The summed E-state index contributed by atoms with van der Waals surface area (Å²) >= 11 is 0. The van der Waals surface area contributed by atoms with E-state index < -0.39 is 8.56 Å². The summed E-state index contributed by atoms with van der Waals surface area (Å²) < 4.78 is 12.4. The van der Waals surface area contributed by atoms with E-state index in [0.717, 1.165) is 6.61 Å². The minimum atomic E-state index is -1.94. The van der Waals surface area contributed by atoms with E-state index in [-0.39, 0.29) is 0 Å². The zero-order valence-corrected chi connectivity index (χ0v) is 20.6. The van der Waals surface area contributed by atoms with Gasteiger partial charge in [0.1, 0.15) is 0 Å². The fraction of sp³-hybridized carbons (Fsp3) is 1.00. The summed E-state index contributed by atoms with van der Waals surface area (Å²) in [6.45, 7) is 12.1. The molecule has 0 spiro atoms. The summed E-state index contributed by atoms with van der Waals surface area (Å²) in [5.41, 5.74) is 0. The van der Waals surface area contributed by atoms with E-state index in [1.54, 1.807) is 0 Å². The van der Waals surface area contributed by atoms with Crippen molar-refractivity contribution >= 4 is 8.56 Å². The van der Waals surface area contributed by atoms with E-state index in [2.05, 4.69) is 33.9 Å². The highest BCUT2D eigenvalue weighted by Crippen LogP contribution is 2.16. The van der Waals surface area contributed by atoms with Gasteiger partial charge in [0.25, 0.3) is 0 Å². The van der Waals surface area contributed by atoms with Crippen LogP contribution >= 0.6 is 0 Å². The standard InChI is InChI=1S/C24H52O2Si/c1-6-8-10-12-13-14-15-16-17-18-19-21-23-25-27(4,5)26-24(3)22-20-11-9-7-2/h24H,6-23H2,1-5H3. The van der Waals surface area contributed by atoms with Gasteiger partial charge in [0.15, 0.2) is 0 Å². The SMILES string of the molecule is CCCCCCCCCCCCCCO[Si](C)(C)OC(C)CCCCCC. The largest absolute Gasteiger partial charge is 0.395 e. The van der Waals surface area contributed by atoms with E-state index >= 15 is 0 Å². The maximum atomic E-state index is 6.24. The van der Waals surface area contributed by atoms with Crippen LogP contribution in [0.3, 0.4) is 0 Å². The molecule has 0 saturated carbocycles. The molecule has 0 N–H and O–H groups in total. The van der Waals surface area contributed by atoms with Gasteiger partial charge in [-0.1, -0.05) is 110 Å². The molecule has 0 radical (unpaired) electrons. The summed E-state index contributed by atoms with van der Waals surface area (Å²) in [7, 11) is -1.94. The van der Waals surface area contributed by atoms with Gasteiger partial charge in [-0.2, -0.15) is 0 Å². The molecule has 0 aromatic carbocycles. The fourth-order valence-electron chi connectivity index (χ4n) is 3.70. The van der Waals surface area contributed by atoms with Crippen LogP contribution < -0.4 is 0 Å². The van der Waals surface area contributed by atoms with Gasteiger partial charge in [-0.15, -0.1) is 0 Å². The fourth-order valence-corrected chi connectivity index (χ4v) is 5.49. The molecule has 0 saturated heterocycles. The van der Waals surface area contributed by atoms with Crippen molar-refractivity contribution in [3.63, 3.8) is 0 Å². The highest BCUT2D eigenvalue weighted by molar-refractivity contribution is 6.64. The Labute approximate surface area is 173 Å². The monoisotopic (exact) mass is 400 g/mol. The number of unbranched alkanes of at least 4 members (excludes halogenated alkanes) is 14. The van der Waals surface area contributed by atoms with Gasteiger partial charge in [-0.25, -0.2) is 0 Å². The Morgan fingerprint density at radius 1 is 0.593 bits per heavy atom. The molecule has 164 valence electrons. The molecule has 0 aromatic heterocycles. The molecule has 1 unspecified atom stereocenters. The van der Waals surface area contributed by atoms with Gasteiger partial charge in [-0.05, 0) is 32.9 Å². The maximum absolute atomic E-state index is 6.24. The van der Waals surface area contributed by atoms with Gasteiger partial charge in [0, 0.05) is 12.7 Å². The molecule has 0 bridgehead atoms. The smallest absolute Gasteiger partial charge is 0.331 e. The van der Waals surface area contributed by atoms with Crippen LogP contribution in [0.15, 0.2) is 0 Å². The zero-order valence-electron chi connectivity index (χ0n) is 19.6. The van der Waals surface area contributed by atoms with Gasteiger partial charge < -0.3 is 8.85 Å². The molecule has 0 fully saturated rings. The Bertz CT molecular complexity index is 294. The third kappa shape index (κ3) is 20.7. The first-order valence-corrected chi connectivity index (χ1v) is 15.1. The molecule has 3 heteroatoms. The molecule has 0 aliphatic rings. The van der Waals surface area contributed by atoms with Crippen LogP contribution in [-0.2, 0) is 8.85 Å². The molecule has 0 aliphatic heterocycles. The molecular weight excluding hydrogens is 348 g/mol. The topological polar surface area (TPSA) is 18.5 Å². The summed E-state index contributed by atoms with van der Waals surface area (Å²) in [4.78, 5) is 0. The molecule has 1 atom stereocenters. The highest BCUT2D eigenvalue weighted by atomic mass is 28.4. The lowest BCUT2D eigenvalue weighted by atomic mass is 10.1. The van der Waals surface area contributed by atoms with Crippen LogP contribution in [0.5, 0.6) is 0 Å².